The molecule has 3 rings (SSSR count). The van der Waals surface area contributed by atoms with Gasteiger partial charge in [-0.1, -0.05) is 24.3 Å². The van der Waals surface area contributed by atoms with E-state index >= 15 is 0 Å². The van der Waals surface area contributed by atoms with Crippen LogP contribution in [0.5, 0.6) is 0 Å². The Balaban J connectivity index is 1.82. The predicted octanol–water partition coefficient (Wildman–Crippen LogP) is 4.63. The van der Waals surface area contributed by atoms with Crippen molar-refractivity contribution in [2.45, 2.75) is 31.6 Å². The summed E-state index contributed by atoms with van der Waals surface area (Å²) >= 11 is 5.87. The Hall–Kier alpha value is -1.54. The zero-order valence-corrected chi connectivity index (χ0v) is 11.3. The van der Waals surface area contributed by atoms with E-state index in [-0.39, 0.29) is 11.0 Å². The van der Waals surface area contributed by atoms with Crippen molar-refractivity contribution in [3.8, 4) is 0 Å². The Morgan fingerprint density at radius 2 is 2.16 bits per heavy atom. The molecule has 1 aliphatic rings. The number of hydrogen-bond acceptors (Lipinski definition) is 2. The summed E-state index contributed by atoms with van der Waals surface area (Å²) < 4.78 is 4.99. The van der Waals surface area contributed by atoms with Crippen molar-refractivity contribution < 1.29 is 9.21 Å². The molecule has 1 aromatic heterocycles. The molecule has 98 valence electrons. The highest BCUT2D eigenvalue weighted by molar-refractivity contribution is 6.32. The average molecular weight is 275 g/mol. The van der Waals surface area contributed by atoms with E-state index in [1.165, 1.54) is 17.4 Å². The zero-order chi connectivity index (χ0) is 13.2. The van der Waals surface area contributed by atoms with Gasteiger partial charge in [-0.05, 0) is 54.0 Å². The molecular weight excluding hydrogens is 260 g/mol. The summed E-state index contributed by atoms with van der Waals surface area (Å²) in [5, 5.41) is 0.203. The summed E-state index contributed by atoms with van der Waals surface area (Å²) in [7, 11) is 0. The molecule has 1 atom stereocenters. The molecule has 0 amide bonds. The molecule has 1 aliphatic carbocycles. The number of rotatable bonds is 3. The highest BCUT2D eigenvalue weighted by Crippen LogP contribution is 2.35. The molecule has 0 saturated heterocycles. The van der Waals surface area contributed by atoms with Crippen LogP contribution in [-0.2, 0) is 6.42 Å². The molecule has 0 spiro atoms. The van der Waals surface area contributed by atoms with E-state index in [1.807, 2.05) is 6.07 Å². The van der Waals surface area contributed by atoms with E-state index in [9.17, 15) is 4.79 Å². The van der Waals surface area contributed by atoms with E-state index in [2.05, 4.69) is 18.2 Å². The summed E-state index contributed by atoms with van der Waals surface area (Å²) in [6.07, 6.45) is 5.31. The number of halogens is 1. The van der Waals surface area contributed by atoms with E-state index in [0.29, 0.717) is 17.9 Å². The van der Waals surface area contributed by atoms with Crippen LogP contribution in [0.3, 0.4) is 0 Å². The summed E-state index contributed by atoms with van der Waals surface area (Å²) in [5.41, 5.74) is 3.20. The smallest absolute Gasteiger partial charge is 0.203 e. The summed E-state index contributed by atoms with van der Waals surface area (Å²) in [6, 6.07) is 10.1. The van der Waals surface area contributed by atoms with Gasteiger partial charge in [-0.25, -0.2) is 0 Å². The Morgan fingerprint density at radius 1 is 1.32 bits per heavy atom. The van der Waals surface area contributed by atoms with Gasteiger partial charge >= 0.3 is 0 Å². The maximum absolute atomic E-state index is 12.3. The fraction of sp³-hybridized carbons (Fsp3) is 0.312. The van der Waals surface area contributed by atoms with E-state index in [4.69, 9.17) is 16.0 Å². The number of carbonyl (C=O) groups is 1. The van der Waals surface area contributed by atoms with Gasteiger partial charge in [-0.3, -0.25) is 4.79 Å². The van der Waals surface area contributed by atoms with Gasteiger partial charge in [0.05, 0.1) is 11.8 Å². The van der Waals surface area contributed by atoms with Gasteiger partial charge in [0.25, 0.3) is 0 Å². The monoisotopic (exact) mass is 274 g/mol. The average Bonchev–Trinajstić information content (AvgIpc) is 2.85. The van der Waals surface area contributed by atoms with Crippen LogP contribution < -0.4 is 0 Å². The highest BCUT2D eigenvalue weighted by Gasteiger charge is 2.24. The lowest BCUT2D eigenvalue weighted by atomic mass is 9.80. The van der Waals surface area contributed by atoms with Crippen molar-refractivity contribution >= 4 is 17.4 Å². The number of aryl methyl sites for hydroxylation is 1. The lowest BCUT2D eigenvalue weighted by molar-refractivity contribution is 0.0970. The van der Waals surface area contributed by atoms with Crippen LogP contribution in [0.4, 0.5) is 0 Å². The standard InChI is InChI=1S/C16H15ClO2/c17-16-14(8-9-19-16)15(18)10-12-6-3-5-11-4-1-2-7-13(11)12/h1-2,4,7-9,12H,3,5-6,10H2. The SMILES string of the molecule is O=C(CC1CCCc2ccccc21)c1ccoc1Cl. The minimum Gasteiger partial charge on any atom is -0.452 e. The van der Waals surface area contributed by atoms with E-state index < -0.39 is 0 Å². The molecule has 1 aromatic carbocycles. The molecule has 2 nitrogen and oxygen atoms in total. The third-order valence-corrected chi connectivity index (χ3v) is 4.14. The fourth-order valence-corrected chi connectivity index (χ4v) is 3.11. The maximum atomic E-state index is 12.3. The van der Waals surface area contributed by atoms with Crippen LogP contribution in [0.25, 0.3) is 0 Å². The Labute approximate surface area is 117 Å². The van der Waals surface area contributed by atoms with Crippen LogP contribution in [-0.4, -0.2) is 5.78 Å². The topological polar surface area (TPSA) is 30.2 Å². The van der Waals surface area contributed by atoms with Crippen LogP contribution in [0.15, 0.2) is 41.0 Å². The van der Waals surface area contributed by atoms with Gasteiger partial charge in [-0.2, -0.15) is 0 Å². The highest BCUT2D eigenvalue weighted by atomic mass is 35.5. The second kappa shape index (κ2) is 5.22. The molecule has 0 bridgehead atoms. The number of ketones is 1. The maximum Gasteiger partial charge on any atom is 0.203 e. The minimum absolute atomic E-state index is 0.0699. The van der Waals surface area contributed by atoms with Gasteiger partial charge in [-0.15, -0.1) is 0 Å². The van der Waals surface area contributed by atoms with Crippen LogP contribution >= 0.6 is 11.6 Å². The third kappa shape index (κ3) is 2.45. The Morgan fingerprint density at radius 3 is 2.95 bits per heavy atom. The second-order valence-electron chi connectivity index (χ2n) is 5.02. The number of benzene rings is 1. The largest absolute Gasteiger partial charge is 0.452 e. The molecule has 0 saturated carbocycles. The molecule has 0 radical (unpaired) electrons. The van der Waals surface area contributed by atoms with E-state index in [0.717, 1.165) is 19.3 Å². The molecule has 3 heteroatoms. The van der Waals surface area contributed by atoms with Gasteiger partial charge in [0.15, 0.2) is 5.78 Å². The first-order valence-electron chi connectivity index (χ1n) is 6.59. The molecule has 19 heavy (non-hydrogen) atoms. The van der Waals surface area contributed by atoms with Crippen molar-refractivity contribution in [3.05, 3.63) is 58.5 Å². The molecule has 0 fully saturated rings. The van der Waals surface area contributed by atoms with E-state index in [1.54, 1.807) is 6.07 Å². The summed E-state index contributed by atoms with van der Waals surface area (Å²) in [6.45, 7) is 0. The number of furan rings is 1. The number of fused-ring (bicyclic) bond motifs is 1. The number of carbonyl (C=O) groups excluding carboxylic acids is 1. The lowest BCUT2D eigenvalue weighted by Gasteiger charge is -2.24. The second-order valence-corrected chi connectivity index (χ2v) is 5.37. The van der Waals surface area contributed by atoms with Crippen molar-refractivity contribution in [2.75, 3.05) is 0 Å². The van der Waals surface area contributed by atoms with Gasteiger partial charge in [0, 0.05) is 6.42 Å². The first-order valence-corrected chi connectivity index (χ1v) is 6.97. The number of hydrogen-bond donors (Lipinski definition) is 0. The molecule has 1 unspecified atom stereocenters. The Bertz CT molecular complexity index is 600. The van der Waals surface area contributed by atoms with Crippen LogP contribution in [0.2, 0.25) is 5.22 Å². The quantitative estimate of drug-likeness (QED) is 0.764. The first-order chi connectivity index (χ1) is 9.25. The summed E-state index contributed by atoms with van der Waals surface area (Å²) in [4.78, 5) is 12.3. The van der Waals surface area contributed by atoms with Gasteiger partial charge in [0.1, 0.15) is 0 Å². The Kier molecular flexibility index (Phi) is 3.43. The molecule has 1 heterocycles. The predicted molar refractivity (Wildman–Crippen MR) is 74.8 cm³/mol. The molecule has 2 aromatic rings. The lowest BCUT2D eigenvalue weighted by Crippen LogP contribution is -2.13. The zero-order valence-electron chi connectivity index (χ0n) is 10.6. The fourth-order valence-electron chi connectivity index (χ4n) is 2.89. The number of Topliss-reactive ketones (excluding diaryl/α,β-unsaturated/α-hetero) is 1. The van der Waals surface area contributed by atoms with Crippen LogP contribution in [0, 0.1) is 0 Å². The van der Waals surface area contributed by atoms with Crippen LogP contribution in [0.1, 0.15) is 46.7 Å². The van der Waals surface area contributed by atoms with Crippen molar-refractivity contribution in [2.24, 2.45) is 0 Å². The van der Waals surface area contributed by atoms with Gasteiger partial charge in [0.2, 0.25) is 5.22 Å². The van der Waals surface area contributed by atoms with Crippen molar-refractivity contribution in [3.63, 3.8) is 0 Å². The van der Waals surface area contributed by atoms with Crippen molar-refractivity contribution in [1.82, 2.24) is 0 Å². The first kappa shape index (κ1) is 12.5. The van der Waals surface area contributed by atoms with Gasteiger partial charge < -0.3 is 4.42 Å². The molecule has 0 N–H and O–H groups in total. The normalized spacial score (nSPS) is 18.1. The summed E-state index contributed by atoms with van der Waals surface area (Å²) in [5.74, 6) is 0.379. The molecular formula is C16H15ClO2. The third-order valence-electron chi connectivity index (χ3n) is 3.84. The minimum atomic E-state index is 0.0699. The molecule has 0 aliphatic heterocycles. The van der Waals surface area contributed by atoms with Crippen molar-refractivity contribution in [1.29, 1.82) is 0 Å².